The second-order valence-electron chi connectivity index (χ2n) is 9.22. The Bertz CT molecular complexity index is 1050. The highest BCUT2D eigenvalue weighted by Gasteiger charge is 2.32. The number of hydrogen-bond donors (Lipinski definition) is 2. The molecule has 0 radical (unpaired) electrons. The van der Waals surface area contributed by atoms with Crippen molar-refractivity contribution in [1.82, 2.24) is 10.2 Å². The van der Waals surface area contributed by atoms with Gasteiger partial charge in [0.2, 0.25) is 5.91 Å². The third kappa shape index (κ3) is 6.42. The van der Waals surface area contributed by atoms with Crippen molar-refractivity contribution in [1.29, 1.82) is 0 Å². The minimum Gasteiger partial charge on any atom is -0.497 e. The molecule has 0 saturated carbocycles. The molecule has 2 fully saturated rings. The van der Waals surface area contributed by atoms with Gasteiger partial charge in [0, 0.05) is 41.5 Å². The number of rotatable bonds is 8. The fraction of sp³-hybridized carbons (Fsp3) is 0.429. The highest BCUT2D eigenvalue weighted by Crippen LogP contribution is 2.30. The SMILES string of the molecule is COc1ccc(C=CC(=O)Nc2ccc(C(=O)NCC3CCCN4CCCCC34)cc2)c(OC)c1. The summed E-state index contributed by atoms with van der Waals surface area (Å²) in [5.41, 5.74) is 1.99. The van der Waals surface area contributed by atoms with Crippen LogP contribution in [0, 0.1) is 5.92 Å². The summed E-state index contributed by atoms with van der Waals surface area (Å²) in [5.74, 6) is 1.50. The Morgan fingerprint density at radius 1 is 1.00 bits per heavy atom. The Hall–Kier alpha value is -3.32. The van der Waals surface area contributed by atoms with Crippen LogP contribution in [0.3, 0.4) is 0 Å². The van der Waals surface area contributed by atoms with E-state index in [9.17, 15) is 9.59 Å². The standard InChI is InChI=1S/C28H35N3O4/c1-34-24-14-10-20(26(18-24)35-2)11-15-27(32)30-23-12-8-21(9-13-23)28(33)29-19-22-6-5-17-31-16-4-3-7-25(22)31/h8-15,18,22,25H,3-7,16-17,19H2,1-2H3,(H,29,33)(H,30,32). The zero-order valence-corrected chi connectivity index (χ0v) is 20.6. The predicted molar refractivity (Wildman–Crippen MR) is 138 cm³/mol. The lowest BCUT2D eigenvalue weighted by molar-refractivity contribution is -0.111. The quantitative estimate of drug-likeness (QED) is 0.553. The van der Waals surface area contributed by atoms with Crippen LogP contribution in [-0.2, 0) is 4.79 Å². The topological polar surface area (TPSA) is 79.9 Å². The van der Waals surface area contributed by atoms with Gasteiger partial charge in [-0.05, 0) is 87.2 Å². The predicted octanol–water partition coefficient (Wildman–Crippen LogP) is 4.35. The molecule has 0 spiro atoms. The number of benzene rings is 2. The van der Waals surface area contributed by atoms with Gasteiger partial charge in [-0.2, -0.15) is 0 Å². The van der Waals surface area contributed by atoms with E-state index in [1.54, 1.807) is 50.6 Å². The van der Waals surface area contributed by atoms with Crippen molar-refractivity contribution in [2.24, 2.45) is 5.92 Å². The first-order valence-electron chi connectivity index (χ1n) is 12.4. The van der Waals surface area contributed by atoms with E-state index in [1.165, 1.54) is 51.3 Å². The van der Waals surface area contributed by atoms with Gasteiger partial charge in [-0.1, -0.05) is 6.42 Å². The first-order valence-corrected chi connectivity index (χ1v) is 12.4. The number of nitrogens with one attached hydrogen (secondary N) is 2. The van der Waals surface area contributed by atoms with Crippen molar-refractivity contribution in [3.8, 4) is 11.5 Å². The maximum absolute atomic E-state index is 12.7. The Morgan fingerprint density at radius 3 is 2.57 bits per heavy atom. The van der Waals surface area contributed by atoms with Crippen LogP contribution in [0.4, 0.5) is 5.69 Å². The average Bonchev–Trinajstić information content (AvgIpc) is 2.90. The molecule has 2 aliphatic rings. The molecule has 35 heavy (non-hydrogen) atoms. The maximum Gasteiger partial charge on any atom is 0.251 e. The first-order chi connectivity index (χ1) is 17.1. The normalized spacial score (nSPS) is 20.2. The number of nitrogens with zero attached hydrogens (tertiary/aromatic N) is 1. The molecule has 2 aromatic rings. The summed E-state index contributed by atoms with van der Waals surface area (Å²) >= 11 is 0. The van der Waals surface area contributed by atoms with Gasteiger partial charge in [-0.15, -0.1) is 0 Å². The number of anilines is 1. The highest BCUT2D eigenvalue weighted by molar-refractivity contribution is 6.02. The van der Waals surface area contributed by atoms with Crippen molar-refractivity contribution >= 4 is 23.6 Å². The lowest BCUT2D eigenvalue weighted by Crippen LogP contribution is -2.51. The molecule has 0 aliphatic carbocycles. The molecule has 2 heterocycles. The fourth-order valence-electron chi connectivity index (χ4n) is 5.15. The van der Waals surface area contributed by atoms with Crippen molar-refractivity contribution in [3.63, 3.8) is 0 Å². The fourth-order valence-corrected chi connectivity index (χ4v) is 5.15. The average molecular weight is 478 g/mol. The van der Waals surface area contributed by atoms with E-state index in [0.29, 0.717) is 34.7 Å². The van der Waals surface area contributed by atoms with Gasteiger partial charge in [-0.25, -0.2) is 0 Å². The smallest absolute Gasteiger partial charge is 0.251 e. The lowest BCUT2D eigenvalue weighted by atomic mass is 9.83. The van der Waals surface area contributed by atoms with Crippen LogP contribution in [0.25, 0.3) is 6.08 Å². The number of methoxy groups -OCH3 is 2. The lowest BCUT2D eigenvalue weighted by Gasteiger charge is -2.44. The largest absolute Gasteiger partial charge is 0.497 e. The Balaban J connectivity index is 1.28. The Kier molecular flexibility index (Phi) is 8.42. The molecule has 7 heteroatoms. The summed E-state index contributed by atoms with van der Waals surface area (Å²) in [4.78, 5) is 27.7. The minimum atomic E-state index is -0.269. The van der Waals surface area contributed by atoms with Crippen LogP contribution in [0.5, 0.6) is 11.5 Å². The summed E-state index contributed by atoms with van der Waals surface area (Å²) in [6, 6.07) is 13.0. The summed E-state index contributed by atoms with van der Waals surface area (Å²) < 4.78 is 10.6. The number of piperidine rings is 2. The second-order valence-corrected chi connectivity index (χ2v) is 9.22. The van der Waals surface area contributed by atoms with Crippen LogP contribution >= 0.6 is 0 Å². The molecule has 7 nitrogen and oxygen atoms in total. The third-order valence-electron chi connectivity index (χ3n) is 7.02. The van der Waals surface area contributed by atoms with E-state index in [-0.39, 0.29) is 11.8 Å². The molecule has 2 atom stereocenters. The van der Waals surface area contributed by atoms with E-state index in [2.05, 4.69) is 15.5 Å². The molecule has 2 aliphatic heterocycles. The van der Waals surface area contributed by atoms with Gasteiger partial charge >= 0.3 is 0 Å². The zero-order valence-electron chi connectivity index (χ0n) is 20.6. The monoisotopic (exact) mass is 477 g/mol. The third-order valence-corrected chi connectivity index (χ3v) is 7.02. The molecule has 2 saturated heterocycles. The number of ether oxygens (including phenoxy) is 2. The first kappa shape index (κ1) is 24.8. The van der Waals surface area contributed by atoms with Gasteiger partial charge in [0.05, 0.1) is 14.2 Å². The molecular weight excluding hydrogens is 442 g/mol. The molecule has 4 rings (SSSR count). The molecule has 186 valence electrons. The van der Waals surface area contributed by atoms with E-state index in [1.807, 2.05) is 12.1 Å². The molecule has 0 aromatic heterocycles. The van der Waals surface area contributed by atoms with E-state index >= 15 is 0 Å². The van der Waals surface area contributed by atoms with Crippen LogP contribution in [0.1, 0.15) is 48.0 Å². The molecule has 2 aromatic carbocycles. The molecular formula is C28H35N3O4. The van der Waals surface area contributed by atoms with Gasteiger partial charge in [-0.3, -0.25) is 9.59 Å². The summed E-state index contributed by atoms with van der Waals surface area (Å²) in [7, 11) is 3.16. The zero-order chi connectivity index (χ0) is 24.6. The molecule has 2 amide bonds. The van der Waals surface area contributed by atoms with Gasteiger partial charge in [0.1, 0.15) is 11.5 Å². The van der Waals surface area contributed by atoms with Crippen LogP contribution in [0.15, 0.2) is 48.5 Å². The van der Waals surface area contributed by atoms with E-state index in [4.69, 9.17) is 9.47 Å². The van der Waals surface area contributed by atoms with Crippen LogP contribution in [-0.4, -0.2) is 56.6 Å². The van der Waals surface area contributed by atoms with E-state index in [0.717, 1.165) is 12.1 Å². The number of amides is 2. The van der Waals surface area contributed by atoms with Crippen molar-refractivity contribution < 1.29 is 19.1 Å². The van der Waals surface area contributed by atoms with Gasteiger partial charge in [0.25, 0.3) is 5.91 Å². The molecule has 2 unspecified atom stereocenters. The van der Waals surface area contributed by atoms with Crippen molar-refractivity contribution in [3.05, 3.63) is 59.7 Å². The highest BCUT2D eigenvalue weighted by atomic mass is 16.5. The number of hydrogen-bond acceptors (Lipinski definition) is 5. The van der Waals surface area contributed by atoms with Crippen molar-refractivity contribution in [2.45, 2.75) is 38.1 Å². The minimum absolute atomic E-state index is 0.0673. The molecule has 2 N–H and O–H groups in total. The number of carbonyl (C=O) groups is 2. The Labute approximate surface area is 207 Å². The number of carbonyl (C=O) groups excluding carboxylic acids is 2. The number of fused-ring (bicyclic) bond motifs is 1. The van der Waals surface area contributed by atoms with Crippen molar-refractivity contribution in [2.75, 3.05) is 39.2 Å². The summed E-state index contributed by atoms with van der Waals surface area (Å²) in [6.07, 6.45) is 9.37. The maximum atomic E-state index is 12.7. The van der Waals surface area contributed by atoms with Crippen LogP contribution in [0.2, 0.25) is 0 Å². The van der Waals surface area contributed by atoms with E-state index < -0.39 is 0 Å². The molecule has 0 bridgehead atoms. The van der Waals surface area contributed by atoms with Gasteiger partial charge < -0.3 is 25.0 Å². The second kappa shape index (κ2) is 11.9. The van der Waals surface area contributed by atoms with Crippen LogP contribution < -0.4 is 20.1 Å². The summed E-state index contributed by atoms with van der Waals surface area (Å²) in [5, 5.41) is 5.96. The summed E-state index contributed by atoms with van der Waals surface area (Å²) in [6.45, 7) is 3.12. The Morgan fingerprint density at radius 2 is 1.80 bits per heavy atom. The van der Waals surface area contributed by atoms with Gasteiger partial charge in [0.15, 0.2) is 0 Å².